The monoisotopic (exact) mass is 191 g/mol. The van der Waals surface area contributed by atoms with Crippen LogP contribution in [0.3, 0.4) is 0 Å². The normalized spacial score (nSPS) is 11.5. The lowest BCUT2D eigenvalue weighted by Crippen LogP contribution is -2.18. The van der Waals surface area contributed by atoms with E-state index in [0.29, 0.717) is 5.57 Å². The molecule has 0 heterocycles. The fourth-order valence-corrected chi connectivity index (χ4v) is 0.907. The lowest BCUT2D eigenvalue weighted by molar-refractivity contribution is -0.116. The fraction of sp³-hybridized carbons (Fsp3) is 0.250. The predicted octanol–water partition coefficient (Wildman–Crippen LogP) is 2.37. The van der Waals surface area contributed by atoms with Crippen LogP contribution in [0.5, 0.6) is 0 Å². The van der Waals surface area contributed by atoms with Gasteiger partial charge in [-0.2, -0.15) is 0 Å². The Morgan fingerprint density at radius 3 is 2.29 bits per heavy atom. The summed E-state index contributed by atoms with van der Waals surface area (Å²) in [6.07, 6.45) is 5.52. The summed E-state index contributed by atoms with van der Waals surface area (Å²) in [5, 5.41) is 2.51. The summed E-state index contributed by atoms with van der Waals surface area (Å²) in [5.74, 6) is -0.173. The largest absolute Gasteiger partial charge is 0.355 e. The minimum absolute atomic E-state index is 0.173. The molecule has 0 aromatic carbocycles. The average molecular weight is 191 g/mol. The van der Waals surface area contributed by atoms with E-state index in [1.54, 1.807) is 13.1 Å². The van der Waals surface area contributed by atoms with Crippen LogP contribution in [0.15, 0.2) is 48.1 Å². The first-order valence-corrected chi connectivity index (χ1v) is 4.44. The molecule has 0 aromatic rings. The van der Waals surface area contributed by atoms with Crippen LogP contribution in [0.1, 0.15) is 13.8 Å². The van der Waals surface area contributed by atoms with Crippen LogP contribution in [0.25, 0.3) is 0 Å². The molecule has 0 aliphatic heterocycles. The van der Waals surface area contributed by atoms with E-state index in [1.165, 1.54) is 0 Å². The number of carbonyl (C=O) groups is 1. The zero-order valence-corrected chi connectivity index (χ0v) is 9.05. The molecule has 1 amide bonds. The van der Waals surface area contributed by atoms with E-state index in [-0.39, 0.29) is 5.91 Å². The first kappa shape index (κ1) is 12.4. The second-order valence-corrected chi connectivity index (χ2v) is 2.98. The van der Waals surface area contributed by atoms with E-state index in [9.17, 15) is 4.79 Å². The van der Waals surface area contributed by atoms with Crippen molar-refractivity contribution in [2.45, 2.75) is 13.8 Å². The Balaban J connectivity index is 4.83. The van der Waals surface area contributed by atoms with Crippen LogP contribution >= 0.6 is 0 Å². The molecule has 0 atom stereocenters. The Hall–Kier alpha value is -1.57. The van der Waals surface area contributed by atoms with Crippen LogP contribution < -0.4 is 5.32 Å². The number of hydrogen-bond donors (Lipinski definition) is 1. The second-order valence-electron chi connectivity index (χ2n) is 2.98. The smallest absolute Gasteiger partial charge is 0.250 e. The van der Waals surface area contributed by atoms with Crippen molar-refractivity contribution in [1.29, 1.82) is 0 Å². The molecule has 0 saturated carbocycles. The van der Waals surface area contributed by atoms with E-state index in [4.69, 9.17) is 0 Å². The maximum atomic E-state index is 11.2. The highest BCUT2D eigenvalue weighted by Crippen LogP contribution is 2.11. The molecule has 14 heavy (non-hydrogen) atoms. The minimum atomic E-state index is -0.173. The van der Waals surface area contributed by atoms with Crippen molar-refractivity contribution in [2.75, 3.05) is 7.05 Å². The van der Waals surface area contributed by atoms with Gasteiger partial charge in [-0.25, -0.2) is 0 Å². The van der Waals surface area contributed by atoms with Gasteiger partial charge in [-0.3, -0.25) is 4.79 Å². The van der Waals surface area contributed by atoms with Gasteiger partial charge < -0.3 is 5.32 Å². The zero-order valence-electron chi connectivity index (χ0n) is 9.05. The second kappa shape index (κ2) is 5.97. The Bertz CT molecular complexity index is 308. The molecule has 0 radical (unpaired) electrons. The Kier molecular flexibility index (Phi) is 5.30. The van der Waals surface area contributed by atoms with Gasteiger partial charge in [-0.15, -0.1) is 0 Å². The molecule has 0 spiro atoms. The molecular formula is C12H17NO. The van der Waals surface area contributed by atoms with Gasteiger partial charge in [0.2, 0.25) is 5.91 Å². The van der Waals surface area contributed by atoms with E-state index in [0.717, 1.165) is 11.1 Å². The molecule has 0 rings (SSSR count). The van der Waals surface area contributed by atoms with Gasteiger partial charge in [-0.1, -0.05) is 30.9 Å². The van der Waals surface area contributed by atoms with Crippen molar-refractivity contribution in [2.24, 2.45) is 0 Å². The van der Waals surface area contributed by atoms with E-state index in [1.807, 2.05) is 26.0 Å². The van der Waals surface area contributed by atoms with Gasteiger partial charge in [-0.05, 0) is 25.5 Å². The molecule has 2 heteroatoms. The number of nitrogens with one attached hydrogen (secondary N) is 1. The number of hydrogen-bond acceptors (Lipinski definition) is 1. The molecule has 0 saturated heterocycles. The van der Waals surface area contributed by atoms with Crippen LogP contribution in [0.4, 0.5) is 0 Å². The summed E-state index contributed by atoms with van der Waals surface area (Å²) in [4.78, 5) is 11.2. The fourth-order valence-electron chi connectivity index (χ4n) is 0.907. The van der Waals surface area contributed by atoms with Crippen molar-refractivity contribution in [3.05, 3.63) is 48.1 Å². The lowest BCUT2D eigenvalue weighted by Gasteiger charge is -2.02. The molecule has 2 nitrogen and oxygen atoms in total. The predicted molar refractivity (Wildman–Crippen MR) is 60.9 cm³/mol. The minimum Gasteiger partial charge on any atom is -0.355 e. The molecule has 1 N–H and O–H groups in total. The van der Waals surface area contributed by atoms with Gasteiger partial charge in [0.05, 0.1) is 0 Å². The third-order valence-electron chi connectivity index (χ3n) is 1.69. The molecule has 0 fully saturated rings. The van der Waals surface area contributed by atoms with Crippen molar-refractivity contribution < 1.29 is 4.79 Å². The molecule has 0 aliphatic carbocycles. The SMILES string of the molecule is C=C(/C=C(\C=C/C)C(=C)C)C(=O)NC. The van der Waals surface area contributed by atoms with E-state index >= 15 is 0 Å². The van der Waals surface area contributed by atoms with Gasteiger partial charge in [0.15, 0.2) is 0 Å². The topological polar surface area (TPSA) is 29.1 Å². The van der Waals surface area contributed by atoms with Crippen molar-refractivity contribution >= 4 is 5.91 Å². The van der Waals surface area contributed by atoms with Crippen LogP contribution in [-0.4, -0.2) is 13.0 Å². The summed E-state index contributed by atoms with van der Waals surface area (Å²) >= 11 is 0. The summed E-state index contributed by atoms with van der Waals surface area (Å²) < 4.78 is 0. The van der Waals surface area contributed by atoms with Gasteiger partial charge in [0, 0.05) is 12.6 Å². The van der Waals surface area contributed by atoms with Crippen molar-refractivity contribution in [3.8, 4) is 0 Å². The molecule has 0 aliphatic rings. The summed E-state index contributed by atoms with van der Waals surface area (Å²) in [6.45, 7) is 11.3. The van der Waals surface area contributed by atoms with Crippen LogP contribution in [0, 0.1) is 0 Å². The highest BCUT2D eigenvalue weighted by Gasteiger charge is 2.02. The highest BCUT2D eigenvalue weighted by atomic mass is 16.1. The number of carbonyl (C=O) groups excluding carboxylic acids is 1. The Morgan fingerprint density at radius 2 is 1.93 bits per heavy atom. The number of amides is 1. The van der Waals surface area contributed by atoms with Crippen molar-refractivity contribution in [1.82, 2.24) is 5.32 Å². The Labute approximate surface area is 85.7 Å². The maximum Gasteiger partial charge on any atom is 0.250 e. The van der Waals surface area contributed by atoms with Crippen LogP contribution in [0.2, 0.25) is 0 Å². The first-order chi connectivity index (χ1) is 6.52. The summed E-state index contributed by atoms with van der Waals surface area (Å²) in [7, 11) is 1.58. The highest BCUT2D eigenvalue weighted by molar-refractivity contribution is 5.95. The number of likely N-dealkylation sites (N-methyl/N-ethyl adjacent to an activating group) is 1. The van der Waals surface area contributed by atoms with Crippen LogP contribution in [-0.2, 0) is 4.79 Å². The van der Waals surface area contributed by atoms with Gasteiger partial charge in [0.1, 0.15) is 0 Å². The van der Waals surface area contributed by atoms with Crippen molar-refractivity contribution in [3.63, 3.8) is 0 Å². The maximum absolute atomic E-state index is 11.2. The molecule has 0 unspecified atom stereocenters. The number of allylic oxidation sites excluding steroid dienone is 4. The third kappa shape index (κ3) is 3.90. The summed E-state index contributed by atoms with van der Waals surface area (Å²) in [5.41, 5.74) is 2.26. The van der Waals surface area contributed by atoms with Gasteiger partial charge >= 0.3 is 0 Å². The lowest BCUT2D eigenvalue weighted by atomic mass is 10.1. The molecular weight excluding hydrogens is 174 g/mol. The molecule has 76 valence electrons. The standard InChI is InChI=1S/C12H17NO/c1-6-7-11(9(2)3)8-10(4)12(14)13-5/h6-8H,2,4H2,1,3,5H3,(H,13,14)/b7-6-,11-8+. The van der Waals surface area contributed by atoms with E-state index < -0.39 is 0 Å². The Morgan fingerprint density at radius 1 is 1.36 bits per heavy atom. The molecule has 0 bridgehead atoms. The number of rotatable bonds is 4. The third-order valence-corrected chi connectivity index (χ3v) is 1.69. The first-order valence-electron chi connectivity index (χ1n) is 4.44. The summed E-state index contributed by atoms with van der Waals surface area (Å²) in [6, 6.07) is 0. The van der Waals surface area contributed by atoms with E-state index in [2.05, 4.69) is 18.5 Å². The quantitative estimate of drug-likeness (QED) is 0.536. The zero-order chi connectivity index (χ0) is 11.1. The average Bonchev–Trinajstić information content (AvgIpc) is 2.15. The molecule has 0 aromatic heterocycles. The van der Waals surface area contributed by atoms with Gasteiger partial charge in [0.25, 0.3) is 0 Å².